The van der Waals surface area contributed by atoms with Crippen molar-refractivity contribution in [1.82, 2.24) is 5.16 Å². The van der Waals surface area contributed by atoms with Gasteiger partial charge in [-0.1, -0.05) is 34.5 Å². The van der Waals surface area contributed by atoms with E-state index in [4.69, 9.17) is 25.6 Å². The fourth-order valence-corrected chi connectivity index (χ4v) is 2.76. The minimum Gasteiger partial charge on any atom is -0.455 e. The molecule has 0 saturated heterocycles. The zero-order valence-electron chi connectivity index (χ0n) is 16.1. The number of esters is 1. The van der Waals surface area contributed by atoms with E-state index in [1.165, 1.54) is 0 Å². The van der Waals surface area contributed by atoms with Crippen LogP contribution in [0.1, 0.15) is 27.4 Å². The molecule has 0 spiro atoms. The van der Waals surface area contributed by atoms with Crippen LogP contribution in [0.25, 0.3) is 0 Å². The third kappa shape index (κ3) is 5.14. The maximum absolute atomic E-state index is 12.3. The van der Waals surface area contributed by atoms with Crippen LogP contribution in [0.3, 0.4) is 0 Å². The summed E-state index contributed by atoms with van der Waals surface area (Å²) in [4.78, 5) is 24.4. The van der Waals surface area contributed by atoms with E-state index in [0.717, 1.165) is 5.56 Å². The number of amides is 1. The molecule has 3 aromatic rings. The summed E-state index contributed by atoms with van der Waals surface area (Å²) >= 11 is 6.04. The largest absolute Gasteiger partial charge is 0.455 e. The molecule has 0 saturated carbocycles. The van der Waals surface area contributed by atoms with Crippen LogP contribution in [0.5, 0.6) is 11.5 Å². The molecular formula is C21H19ClN2O5. The van der Waals surface area contributed by atoms with Crippen LogP contribution >= 0.6 is 11.6 Å². The zero-order chi connectivity index (χ0) is 21.0. The van der Waals surface area contributed by atoms with E-state index in [2.05, 4.69) is 10.5 Å². The van der Waals surface area contributed by atoms with Crippen molar-refractivity contribution >= 4 is 29.2 Å². The van der Waals surface area contributed by atoms with E-state index in [1.807, 2.05) is 31.2 Å². The molecule has 1 aromatic heterocycles. The molecular weight excluding hydrogens is 396 g/mol. The number of hydrogen-bond donors (Lipinski definition) is 1. The first-order valence-electron chi connectivity index (χ1n) is 8.77. The van der Waals surface area contributed by atoms with Gasteiger partial charge in [-0.05, 0) is 51.1 Å². The summed E-state index contributed by atoms with van der Waals surface area (Å²) in [5.74, 6) is 0.123. The average Bonchev–Trinajstić information content (AvgIpc) is 3.02. The van der Waals surface area contributed by atoms with Crippen LogP contribution in [-0.2, 0) is 9.53 Å². The van der Waals surface area contributed by atoms with Gasteiger partial charge in [0.2, 0.25) is 0 Å². The van der Waals surface area contributed by atoms with Gasteiger partial charge < -0.3 is 19.3 Å². The highest BCUT2D eigenvalue weighted by Gasteiger charge is 2.20. The smallest absolute Gasteiger partial charge is 0.344 e. The van der Waals surface area contributed by atoms with Crippen LogP contribution in [0, 0.1) is 20.8 Å². The van der Waals surface area contributed by atoms with Crippen LogP contribution in [0.15, 0.2) is 47.0 Å². The van der Waals surface area contributed by atoms with Crippen LogP contribution in [-0.4, -0.2) is 23.6 Å². The lowest BCUT2D eigenvalue weighted by atomic mass is 10.2. The van der Waals surface area contributed by atoms with Crippen molar-refractivity contribution in [3.63, 3.8) is 0 Å². The van der Waals surface area contributed by atoms with E-state index in [9.17, 15) is 9.59 Å². The molecule has 0 aliphatic rings. The first-order valence-corrected chi connectivity index (χ1v) is 9.15. The zero-order valence-corrected chi connectivity index (χ0v) is 16.9. The molecule has 0 atom stereocenters. The lowest BCUT2D eigenvalue weighted by Gasteiger charge is -2.13. The van der Waals surface area contributed by atoms with E-state index >= 15 is 0 Å². The predicted octanol–water partition coefficient (Wildman–Crippen LogP) is 4.84. The highest BCUT2D eigenvalue weighted by molar-refractivity contribution is 6.31. The van der Waals surface area contributed by atoms with Crippen LogP contribution in [0.2, 0.25) is 5.02 Å². The fourth-order valence-electron chi connectivity index (χ4n) is 2.59. The lowest BCUT2D eigenvalue weighted by molar-refractivity contribution is -0.119. The Morgan fingerprint density at radius 1 is 1.10 bits per heavy atom. The van der Waals surface area contributed by atoms with Gasteiger partial charge in [-0.3, -0.25) is 4.79 Å². The molecule has 0 aliphatic heterocycles. The summed E-state index contributed by atoms with van der Waals surface area (Å²) in [7, 11) is 0. The van der Waals surface area contributed by atoms with Gasteiger partial charge in [0, 0.05) is 5.02 Å². The molecule has 0 unspecified atom stereocenters. The fraction of sp³-hybridized carbons (Fsp3) is 0.190. The van der Waals surface area contributed by atoms with Crippen molar-refractivity contribution in [3.8, 4) is 11.5 Å². The molecule has 8 heteroatoms. The Bertz CT molecular complexity index is 1020. The van der Waals surface area contributed by atoms with Crippen molar-refractivity contribution in [2.24, 2.45) is 0 Å². The normalized spacial score (nSPS) is 10.5. The molecule has 150 valence electrons. The Hall–Kier alpha value is -3.32. The second-order valence-electron chi connectivity index (χ2n) is 6.38. The van der Waals surface area contributed by atoms with Gasteiger partial charge >= 0.3 is 5.97 Å². The number of anilines is 1. The molecule has 1 N–H and O–H groups in total. The number of halogens is 1. The van der Waals surface area contributed by atoms with Gasteiger partial charge in [0.1, 0.15) is 17.1 Å². The van der Waals surface area contributed by atoms with E-state index in [1.54, 1.807) is 32.0 Å². The molecule has 0 fully saturated rings. The Kier molecular flexibility index (Phi) is 6.19. The number of aryl methyl sites for hydroxylation is 3. The van der Waals surface area contributed by atoms with Gasteiger partial charge in [0.25, 0.3) is 5.91 Å². The van der Waals surface area contributed by atoms with Crippen LogP contribution in [0.4, 0.5) is 5.69 Å². The first kappa shape index (κ1) is 20.4. The van der Waals surface area contributed by atoms with Crippen LogP contribution < -0.4 is 10.1 Å². The Morgan fingerprint density at radius 2 is 1.83 bits per heavy atom. The Balaban J connectivity index is 1.67. The number of nitrogens with zero attached hydrogens (tertiary/aromatic N) is 1. The van der Waals surface area contributed by atoms with Gasteiger partial charge in [-0.25, -0.2) is 4.79 Å². The molecule has 0 aliphatic carbocycles. The second-order valence-corrected chi connectivity index (χ2v) is 6.82. The summed E-state index contributed by atoms with van der Waals surface area (Å²) in [6.07, 6.45) is 0. The Morgan fingerprint density at radius 3 is 2.48 bits per heavy atom. The van der Waals surface area contributed by atoms with Gasteiger partial charge in [0.15, 0.2) is 12.4 Å². The van der Waals surface area contributed by atoms with Gasteiger partial charge in [0.05, 0.1) is 11.4 Å². The minimum atomic E-state index is -0.682. The summed E-state index contributed by atoms with van der Waals surface area (Å²) in [6, 6.07) is 12.3. The SMILES string of the molecule is Cc1ccc(Oc2ccc(Cl)cc2NC(=O)COC(=O)c2c(C)noc2C)cc1. The standard InChI is InChI=1S/C21H19ClN2O5/c1-12-4-7-16(8-5-12)28-18-9-6-15(22)10-17(18)23-19(25)11-27-21(26)20-13(2)24-29-14(20)3/h4-10H,11H2,1-3H3,(H,23,25). The van der Waals surface area contributed by atoms with Crippen molar-refractivity contribution < 1.29 is 23.6 Å². The summed E-state index contributed by atoms with van der Waals surface area (Å²) in [5, 5.41) is 6.76. The summed E-state index contributed by atoms with van der Waals surface area (Å²) in [5.41, 5.74) is 2.07. The van der Waals surface area contributed by atoms with Crippen molar-refractivity contribution in [3.05, 3.63) is 70.1 Å². The molecule has 0 bridgehead atoms. The van der Waals surface area contributed by atoms with Gasteiger partial charge in [-0.2, -0.15) is 0 Å². The molecule has 7 nitrogen and oxygen atoms in total. The van der Waals surface area contributed by atoms with Crippen molar-refractivity contribution in [1.29, 1.82) is 0 Å². The number of ether oxygens (including phenoxy) is 2. The summed E-state index contributed by atoms with van der Waals surface area (Å²) in [6.45, 7) is 4.70. The number of aromatic nitrogens is 1. The average molecular weight is 415 g/mol. The molecule has 2 aromatic carbocycles. The quantitative estimate of drug-likeness (QED) is 0.580. The first-order chi connectivity index (χ1) is 13.8. The number of benzene rings is 2. The molecule has 29 heavy (non-hydrogen) atoms. The third-order valence-electron chi connectivity index (χ3n) is 4.04. The van der Waals surface area contributed by atoms with Crippen molar-refractivity contribution in [2.45, 2.75) is 20.8 Å². The molecule has 3 rings (SSSR count). The predicted molar refractivity (Wildman–Crippen MR) is 108 cm³/mol. The van der Waals surface area contributed by atoms with E-state index in [-0.39, 0.29) is 5.56 Å². The highest BCUT2D eigenvalue weighted by Crippen LogP contribution is 2.32. The van der Waals surface area contributed by atoms with Gasteiger partial charge in [-0.15, -0.1) is 0 Å². The number of carbonyl (C=O) groups is 2. The maximum Gasteiger partial charge on any atom is 0.344 e. The topological polar surface area (TPSA) is 90.7 Å². The number of carbonyl (C=O) groups excluding carboxylic acids is 2. The van der Waals surface area contributed by atoms with E-state index in [0.29, 0.717) is 33.7 Å². The Labute approximate surface area is 172 Å². The molecule has 0 radical (unpaired) electrons. The lowest BCUT2D eigenvalue weighted by Crippen LogP contribution is -2.21. The third-order valence-corrected chi connectivity index (χ3v) is 4.27. The minimum absolute atomic E-state index is 0.212. The number of rotatable bonds is 6. The van der Waals surface area contributed by atoms with E-state index < -0.39 is 18.5 Å². The number of hydrogen-bond acceptors (Lipinski definition) is 6. The second kappa shape index (κ2) is 8.79. The monoisotopic (exact) mass is 414 g/mol. The maximum atomic E-state index is 12.3. The molecule has 1 amide bonds. The number of nitrogens with one attached hydrogen (secondary N) is 1. The highest BCUT2D eigenvalue weighted by atomic mass is 35.5. The van der Waals surface area contributed by atoms with Crippen molar-refractivity contribution in [2.75, 3.05) is 11.9 Å². The summed E-state index contributed by atoms with van der Waals surface area (Å²) < 4.78 is 15.8. The molecule has 1 heterocycles.